The van der Waals surface area contributed by atoms with E-state index >= 15 is 0 Å². The number of hydrogen-bond donors (Lipinski definition) is 3. The first-order valence-corrected chi connectivity index (χ1v) is 6.67. The largest absolute Gasteiger partial charge is 0.314 e. The standard InChI is InChI=1S/C9H12ClN3O2S/c10-6-1-3-7(4-2-6)16(14,15)8-5-12-13-9(8)11/h1-4,8-9,12-13H,5,11H2. The minimum absolute atomic E-state index is 0.239. The molecule has 0 radical (unpaired) electrons. The van der Waals surface area contributed by atoms with E-state index in [2.05, 4.69) is 10.9 Å². The number of hydrazine groups is 1. The summed E-state index contributed by atoms with van der Waals surface area (Å²) in [6.07, 6.45) is -0.597. The molecule has 0 aliphatic carbocycles. The Bertz CT molecular complexity index is 474. The first-order valence-electron chi connectivity index (χ1n) is 4.75. The monoisotopic (exact) mass is 261 g/mol. The van der Waals surface area contributed by atoms with Crippen LogP contribution in [0.25, 0.3) is 0 Å². The summed E-state index contributed by atoms with van der Waals surface area (Å²) in [6.45, 7) is 0.298. The molecule has 4 N–H and O–H groups in total. The van der Waals surface area contributed by atoms with Gasteiger partial charge in [-0.1, -0.05) is 11.6 Å². The second kappa shape index (κ2) is 4.31. The molecule has 1 saturated heterocycles. The van der Waals surface area contributed by atoms with Gasteiger partial charge in [-0.2, -0.15) is 0 Å². The summed E-state index contributed by atoms with van der Waals surface area (Å²) in [7, 11) is -3.41. The maximum absolute atomic E-state index is 12.2. The Balaban J connectivity index is 2.35. The average Bonchev–Trinajstić information content (AvgIpc) is 2.66. The highest BCUT2D eigenvalue weighted by molar-refractivity contribution is 7.92. The first kappa shape index (κ1) is 11.8. The minimum Gasteiger partial charge on any atom is -0.314 e. The fraction of sp³-hybridized carbons (Fsp3) is 0.333. The van der Waals surface area contributed by atoms with E-state index in [1.807, 2.05) is 0 Å². The molecule has 1 aromatic carbocycles. The lowest BCUT2D eigenvalue weighted by Gasteiger charge is -2.14. The van der Waals surface area contributed by atoms with Gasteiger partial charge in [-0.25, -0.2) is 13.8 Å². The Morgan fingerprint density at radius 3 is 2.44 bits per heavy atom. The van der Waals surface area contributed by atoms with Crippen molar-refractivity contribution in [2.24, 2.45) is 5.73 Å². The molecular weight excluding hydrogens is 250 g/mol. The third kappa shape index (κ3) is 2.07. The van der Waals surface area contributed by atoms with Gasteiger partial charge in [-0.15, -0.1) is 0 Å². The molecule has 7 heteroatoms. The molecule has 0 saturated carbocycles. The molecular formula is C9H12ClN3O2S. The van der Waals surface area contributed by atoms with Crippen molar-refractivity contribution in [1.29, 1.82) is 0 Å². The maximum Gasteiger partial charge on any atom is 0.185 e. The highest BCUT2D eigenvalue weighted by Crippen LogP contribution is 2.20. The third-order valence-electron chi connectivity index (χ3n) is 2.51. The molecule has 2 unspecified atom stereocenters. The van der Waals surface area contributed by atoms with Gasteiger partial charge >= 0.3 is 0 Å². The Kier molecular flexibility index (Phi) is 3.18. The lowest BCUT2D eigenvalue weighted by atomic mass is 10.4. The summed E-state index contributed by atoms with van der Waals surface area (Å²) in [5, 5.41) is -0.153. The van der Waals surface area contributed by atoms with E-state index in [1.54, 1.807) is 12.1 Å². The van der Waals surface area contributed by atoms with Crippen LogP contribution in [0, 0.1) is 0 Å². The van der Waals surface area contributed by atoms with E-state index in [9.17, 15) is 8.42 Å². The van der Waals surface area contributed by atoms with Gasteiger partial charge < -0.3 is 5.73 Å². The molecule has 0 aromatic heterocycles. The highest BCUT2D eigenvalue weighted by atomic mass is 35.5. The zero-order chi connectivity index (χ0) is 11.8. The zero-order valence-corrected chi connectivity index (χ0v) is 9.92. The van der Waals surface area contributed by atoms with Crippen LogP contribution in [0.2, 0.25) is 5.02 Å². The highest BCUT2D eigenvalue weighted by Gasteiger charge is 2.36. The fourth-order valence-corrected chi connectivity index (χ4v) is 3.35. The first-order chi connectivity index (χ1) is 7.51. The van der Waals surface area contributed by atoms with Gasteiger partial charge in [0.2, 0.25) is 0 Å². The Morgan fingerprint density at radius 1 is 1.31 bits per heavy atom. The van der Waals surface area contributed by atoms with E-state index in [4.69, 9.17) is 17.3 Å². The number of halogens is 1. The summed E-state index contributed by atoms with van der Waals surface area (Å²) in [6, 6.07) is 6.08. The predicted octanol–water partition coefficient (Wildman–Crippen LogP) is -0.125. The zero-order valence-electron chi connectivity index (χ0n) is 8.35. The van der Waals surface area contributed by atoms with Crippen LogP contribution in [0.3, 0.4) is 0 Å². The fourth-order valence-electron chi connectivity index (χ4n) is 1.60. The molecule has 5 nitrogen and oxygen atoms in total. The summed E-state index contributed by atoms with van der Waals surface area (Å²) in [5.41, 5.74) is 11.1. The van der Waals surface area contributed by atoms with Crippen molar-refractivity contribution < 1.29 is 8.42 Å². The number of hydrogen-bond acceptors (Lipinski definition) is 5. The summed E-state index contributed by atoms with van der Waals surface area (Å²) in [4.78, 5) is 0.239. The lowest BCUT2D eigenvalue weighted by Crippen LogP contribution is -2.44. The van der Waals surface area contributed by atoms with Gasteiger partial charge in [0.05, 0.1) is 11.1 Å². The number of rotatable bonds is 2. The molecule has 2 rings (SSSR count). The molecule has 16 heavy (non-hydrogen) atoms. The van der Waals surface area contributed by atoms with Crippen LogP contribution in [0.5, 0.6) is 0 Å². The maximum atomic E-state index is 12.2. The summed E-state index contributed by atoms with van der Waals surface area (Å²) >= 11 is 5.71. The second-order valence-electron chi connectivity index (χ2n) is 3.59. The van der Waals surface area contributed by atoms with Crippen LogP contribution in [0.15, 0.2) is 29.2 Å². The second-order valence-corrected chi connectivity index (χ2v) is 6.19. The molecule has 1 aliphatic heterocycles. The van der Waals surface area contributed by atoms with Gasteiger partial charge in [-0.05, 0) is 24.3 Å². The van der Waals surface area contributed by atoms with Gasteiger partial charge in [0.1, 0.15) is 5.25 Å². The van der Waals surface area contributed by atoms with Crippen LogP contribution in [0.1, 0.15) is 0 Å². The van der Waals surface area contributed by atoms with E-state index in [-0.39, 0.29) is 4.90 Å². The number of nitrogens with one attached hydrogen (secondary N) is 2. The van der Waals surface area contributed by atoms with Crippen molar-refractivity contribution in [1.82, 2.24) is 10.9 Å². The van der Waals surface area contributed by atoms with Crippen LogP contribution in [-0.2, 0) is 9.84 Å². The average molecular weight is 262 g/mol. The Morgan fingerprint density at radius 2 is 1.94 bits per heavy atom. The van der Waals surface area contributed by atoms with Crippen molar-refractivity contribution >= 4 is 21.4 Å². The molecule has 88 valence electrons. The Hall–Kier alpha value is -0.660. The molecule has 0 spiro atoms. The van der Waals surface area contributed by atoms with Crippen molar-refractivity contribution in [2.45, 2.75) is 16.3 Å². The van der Waals surface area contributed by atoms with Crippen LogP contribution in [0.4, 0.5) is 0 Å². The van der Waals surface area contributed by atoms with Gasteiger partial charge in [-0.3, -0.25) is 5.43 Å². The molecule has 1 aromatic rings. The molecule has 1 aliphatic rings. The van der Waals surface area contributed by atoms with E-state index in [0.29, 0.717) is 11.6 Å². The number of benzene rings is 1. The number of nitrogens with two attached hydrogens (primary N) is 1. The van der Waals surface area contributed by atoms with Crippen molar-refractivity contribution in [3.63, 3.8) is 0 Å². The summed E-state index contributed by atoms with van der Waals surface area (Å²) < 4.78 is 24.3. The third-order valence-corrected chi connectivity index (χ3v) is 4.95. The van der Waals surface area contributed by atoms with Crippen LogP contribution < -0.4 is 16.6 Å². The molecule has 1 fully saturated rings. The SMILES string of the molecule is NC1NNCC1S(=O)(=O)c1ccc(Cl)cc1. The molecule has 1 heterocycles. The van der Waals surface area contributed by atoms with E-state index in [1.165, 1.54) is 12.1 Å². The van der Waals surface area contributed by atoms with Gasteiger partial charge in [0.25, 0.3) is 0 Å². The van der Waals surface area contributed by atoms with Crippen molar-refractivity contribution in [3.8, 4) is 0 Å². The molecule has 0 bridgehead atoms. The smallest absolute Gasteiger partial charge is 0.185 e. The normalized spacial score (nSPS) is 25.9. The van der Waals surface area contributed by atoms with Crippen molar-refractivity contribution in [2.75, 3.05) is 6.54 Å². The van der Waals surface area contributed by atoms with E-state index in [0.717, 1.165) is 0 Å². The van der Waals surface area contributed by atoms with E-state index < -0.39 is 21.3 Å². The predicted molar refractivity (Wildman–Crippen MR) is 61.5 cm³/mol. The quantitative estimate of drug-likeness (QED) is 0.691. The van der Waals surface area contributed by atoms with Gasteiger partial charge in [0.15, 0.2) is 9.84 Å². The van der Waals surface area contributed by atoms with Crippen LogP contribution in [-0.4, -0.2) is 26.4 Å². The minimum atomic E-state index is -3.41. The van der Waals surface area contributed by atoms with Crippen LogP contribution >= 0.6 is 11.6 Å². The van der Waals surface area contributed by atoms with Gasteiger partial charge in [0, 0.05) is 11.6 Å². The topological polar surface area (TPSA) is 84.2 Å². The summed E-state index contributed by atoms with van der Waals surface area (Å²) in [5.74, 6) is 0. The molecule has 2 atom stereocenters. The lowest BCUT2D eigenvalue weighted by molar-refractivity contribution is 0.549. The Labute approximate surface area is 98.9 Å². The van der Waals surface area contributed by atoms with Crippen molar-refractivity contribution in [3.05, 3.63) is 29.3 Å². The number of sulfone groups is 1. The molecule has 0 amide bonds.